The Morgan fingerprint density at radius 1 is 1.05 bits per heavy atom. The highest BCUT2D eigenvalue weighted by molar-refractivity contribution is 5.94. The van der Waals surface area contributed by atoms with E-state index in [2.05, 4.69) is 12.2 Å². The van der Waals surface area contributed by atoms with Crippen molar-refractivity contribution >= 4 is 11.8 Å². The Morgan fingerprint density at radius 2 is 1.63 bits per heavy atom. The molecule has 0 spiro atoms. The molecule has 0 radical (unpaired) electrons. The van der Waals surface area contributed by atoms with Crippen LogP contribution >= 0.6 is 0 Å². The molecule has 0 aliphatic carbocycles. The monoisotopic (exact) mass is 268 g/mol. The summed E-state index contributed by atoms with van der Waals surface area (Å²) in [6.45, 7) is 4.92. The first-order valence-corrected chi connectivity index (χ1v) is 7.74. The maximum absolute atomic E-state index is 11.7. The number of hydrogen-bond acceptors (Lipinski definition) is 2. The minimum absolute atomic E-state index is 0.0286. The van der Waals surface area contributed by atoms with Crippen molar-refractivity contribution in [2.45, 2.75) is 71.3 Å². The average molecular weight is 268 g/mol. The Bertz CT molecular complexity index is 292. The van der Waals surface area contributed by atoms with Gasteiger partial charge in [-0.1, -0.05) is 51.9 Å². The van der Waals surface area contributed by atoms with Gasteiger partial charge in [-0.25, -0.2) is 0 Å². The van der Waals surface area contributed by atoms with Crippen molar-refractivity contribution < 1.29 is 9.59 Å². The van der Waals surface area contributed by atoms with E-state index in [1.54, 1.807) is 11.8 Å². The first kappa shape index (κ1) is 16.0. The van der Waals surface area contributed by atoms with Crippen LogP contribution in [-0.2, 0) is 9.59 Å². The molecule has 0 aromatic carbocycles. The molecule has 1 N–H and O–H groups in total. The van der Waals surface area contributed by atoms with Crippen molar-refractivity contribution in [2.75, 3.05) is 13.1 Å². The maximum atomic E-state index is 11.7. The number of amides is 2. The van der Waals surface area contributed by atoms with E-state index in [1.165, 1.54) is 38.5 Å². The first-order valence-electron chi connectivity index (χ1n) is 7.74. The van der Waals surface area contributed by atoms with Crippen molar-refractivity contribution in [3.63, 3.8) is 0 Å². The van der Waals surface area contributed by atoms with Gasteiger partial charge in [0.15, 0.2) is 0 Å². The van der Waals surface area contributed by atoms with Crippen LogP contribution in [0.1, 0.15) is 65.2 Å². The second-order valence-electron chi connectivity index (χ2n) is 5.46. The van der Waals surface area contributed by atoms with Crippen LogP contribution in [0.15, 0.2) is 0 Å². The van der Waals surface area contributed by atoms with Gasteiger partial charge in [0.2, 0.25) is 11.8 Å². The van der Waals surface area contributed by atoms with Crippen LogP contribution < -0.4 is 5.32 Å². The maximum Gasteiger partial charge on any atom is 0.242 e. The lowest BCUT2D eigenvalue weighted by atomic mass is 10.1. The molecule has 2 amide bonds. The van der Waals surface area contributed by atoms with Crippen LogP contribution in [0.4, 0.5) is 0 Å². The van der Waals surface area contributed by atoms with Gasteiger partial charge in [0.1, 0.15) is 6.04 Å². The highest BCUT2D eigenvalue weighted by atomic mass is 16.2. The third-order valence-electron chi connectivity index (χ3n) is 3.83. The summed E-state index contributed by atoms with van der Waals surface area (Å²) in [4.78, 5) is 24.9. The fraction of sp³-hybridized carbons (Fsp3) is 0.867. The lowest BCUT2D eigenvalue weighted by Gasteiger charge is -2.32. The Morgan fingerprint density at radius 3 is 2.26 bits per heavy atom. The van der Waals surface area contributed by atoms with E-state index in [0.29, 0.717) is 0 Å². The molecule has 0 bridgehead atoms. The van der Waals surface area contributed by atoms with Gasteiger partial charge < -0.3 is 10.2 Å². The molecule has 1 fully saturated rings. The summed E-state index contributed by atoms with van der Waals surface area (Å²) < 4.78 is 0. The van der Waals surface area contributed by atoms with Crippen molar-refractivity contribution in [2.24, 2.45) is 0 Å². The largest absolute Gasteiger partial charge is 0.345 e. The van der Waals surface area contributed by atoms with E-state index in [4.69, 9.17) is 0 Å². The number of carbonyl (C=O) groups excluding carboxylic acids is 2. The third-order valence-corrected chi connectivity index (χ3v) is 3.83. The highest BCUT2D eigenvalue weighted by Gasteiger charge is 2.29. The highest BCUT2D eigenvalue weighted by Crippen LogP contribution is 2.11. The molecule has 110 valence electrons. The van der Waals surface area contributed by atoms with Crippen LogP contribution in [0.25, 0.3) is 0 Å². The fourth-order valence-corrected chi connectivity index (χ4v) is 2.50. The summed E-state index contributed by atoms with van der Waals surface area (Å²) >= 11 is 0. The zero-order valence-electron chi connectivity index (χ0n) is 12.4. The second kappa shape index (κ2) is 8.94. The number of unbranched alkanes of at least 4 members (excludes halogenated alkanes) is 7. The Kier molecular flexibility index (Phi) is 7.53. The quantitative estimate of drug-likeness (QED) is 0.653. The molecule has 1 aliphatic rings. The second-order valence-corrected chi connectivity index (χ2v) is 5.46. The Labute approximate surface area is 116 Å². The van der Waals surface area contributed by atoms with Gasteiger partial charge in [0, 0.05) is 6.54 Å². The van der Waals surface area contributed by atoms with Crippen molar-refractivity contribution in [3.05, 3.63) is 0 Å². The van der Waals surface area contributed by atoms with Gasteiger partial charge in [0.25, 0.3) is 0 Å². The standard InChI is InChI=1S/C15H28N2O2/c1-3-4-5-6-7-8-9-10-11-17-13(2)15(19)16-12-14(17)18/h13H,3-12H2,1-2H3,(H,16,19). The molecule has 1 aliphatic heterocycles. The summed E-state index contributed by atoms with van der Waals surface area (Å²) in [5.74, 6) is 0.0224. The lowest BCUT2D eigenvalue weighted by molar-refractivity contribution is -0.144. The van der Waals surface area contributed by atoms with Gasteiger partial charge in [-0.05, 0) is 13.3 Å². The van der Waals surface area contributed by atoms with Gasteiger partial charge in [-0.3, -0.25) is 9.59 Å². The summed E-state index contributed by atoms with van der Waals surface area (Å²) in [5.41, 5.74) is 0. The molecule has 1 atom stereocenters. The molecular weight excluding hydrogens is 240 g/mol. The molecule has 0 saturated carbocycles. The van der Waals surface area contributed by atoms with E-state index in [-0.39, 0.29) is 24.4 Å². The normalized spacial score (nSPS) is 19.7. The molecule has 1 rings (SSSR count). The molecular formula is C15H28N2O2. The number of carbonyl (C=O) groups is 2. The van der Waals surface area contributed by atoms with E-state index < -0.39 is 0 Å². The first-order chi connectivity index (χ1) is 9.16. The summed E-state index contributed by atoms with van der Waals surface area (Å²) in [5, 5.41) is 2.61. The van der Waals surface area contributed by atoms with Gasteiger partial charge in [0.05, 0.1) is 6.54 Å². The zero-order chi connectivity index (χ0) is 14.1. The number of rotatable bonds is 9. The van der Waals surface area contributed by atoms with Crippen molar-refractivity contribution in [3.8, 4) is 0 Å². The Balaban J connectivity index is 2.08. The van der Waals surface area contributed by atoms with E-state index in [9.17, 15) is 9.59 Å². The molecule has 0 aromatic heterocycles. The lowest BCUT2D eigenvalue weighted by Crippen LogP contribution is -2.57. The molecule has 1 unspecified atom stereocenters. The van der Waals surface area contributed by atoms with Crippen LogP contribution in [0.2, 0.25) is 0 Å². The van der Waals surface area contributed by atoms with Gasteiger partial charge in [-0.2, -0.15) is 0 Å². The van der Waals surface area contributed by atoms with Crippen LogP contribution in [0, 0.1) is 0 Å². The van der Waals surface area contributed by atoms with Crippen molar-refractivity contribution in [1.82, 2.24) is 10.2 Å². The van der Waals surface area contributed by atoms with Gasteiger partial charge >= 0.3 is 0 Å². The molecule has 1 heterocycles. The van der Waals surface area contributed by atoms with Gasteiger partial charge in [-0.15, -0.1) is 0 Å². The minimum atomic E-state index is -0.300. The summed E-state index contributed by atoms with van der Waals surface area (Å²) in [6.07, 6.45) is 10.0. The summed E-state index contributed by atoms with van der Waals surface area (Å²) in [6, 6.07) is -0.300. The number of hydrogen-bond donors (Lipinski definition) is 1. The Hall–Kier alpha value is -1.06. The molecule has 0 aromatic rings. The summed E-state index contributed by atoms with van der Waals surface area (Å²) in [7, 11) is 0. The molecule has 4 nitrogen and oxygen atoms in total. The number of nitrogens with one attached hydrogen (secondary N) is 1. The molecule has 19 heavy (non-hydrogen) atoms. The molecule has 1 saturated heterocycles. The third kappa shape index (κ3) is 5.62. The minimum Gasteiger partial charge on any atom is -0.345 e. The molecule has 4 heteroatoms. The predicted octanol–water partition coefficient (Wildman–Crippen LogP) is 2.47. The number of nitrogens with zero attached hydrogens (tertiary/aromatic N) is 1. The SMILES string of the molecule is CCCCCCCCCCN1C(=O)CNC(=O)C1C. The van der Waals surface area contributed by atoms with Crippen LogP contribution in [0.3, 0.4) is 0 Å². The average Bonchev–Trinajstić information content (AvgIpc) is 2.40. The zero-order valence-corrected chi connectivity index (χ0v) is 12.4. The van der Waals surface area contributed by atoms with E-state index in [0.717, 1.165) is 19.4 Å². The number of piperazine rings is 1. The van der Waals surface area contributed by atoms with Crippen LogP contribution in [0.5, 0.6) is 0 Å². The van der Waals surface area contributed by atoms with Crippen LogP contribution in [-0.4, -0.2) is 35.8 Å². The fourth-order valence-electron chi connectivity index (χ4n) is 2.50. The smallest absolute Gasteiger partial charge is 0.242 e. The predicted molar refractivity (Wildman–Crippen MR) is 76.8 cm³/mol. The van der Waals surface area contributed by atoms with Crippen molar-refractivity contribution in [1.29, 1.82) is 0 Å². The topological polar surface area (TPSA) is 49.4 Å². The van der Waals surface area contributed by atoms with E-state index in [1.807, 2.05) is 0 Å². The van der Waals surface area contributed by atoms with E-state index >= 15 is 0 Å².